The highest BCUT2D eigenvalue weighted by Crippen LogP contribution is 2.37. The molecule has 142 valence electrons. The number of rotatable bonds is 7. The van der Waals surface area contributed by atoms with Crippen LogP contribution in [0.4, 0.5) is 0 Å². The van der Waals surface area contributed by atoms with E-state index in [0.29, 0.717) is 6.44 Å². The van der Waals surface area contributed by atoms with Gasteiger partial charge < -0.3 is 10.1 Å². The number of ketones is 1. The normalized spacial score (nSPS) is 12.4. The van der Waals surface area contributed by atoms with E-state index in [9.17, 15) is 14.4 Å². The summed E-state index contributed by atoms with van der Waals surface area (Å²) in [6.07, 6.45) is 0.439. The Morgan fingerprint density at radius 2 is 1.50 bits per heavy atom. The quantitative estimate of drug-likeness (QED) is 0.460. The summed E-state index contributed by atoms with van der Waals surface area (Å²) in [6, 6.07) is 7.44. The topological polar surface area (TPSA) is 72.5 Å². The van der Waals surface area contributed by atoms with Crippen molar-refractivity contribution in [3.8, 4) is 0 Å². The van der Waals surface area contributed by atoms with Crippen molar-refractivity contribution < 1.29 is 19.1 Å². The van der Waals surface area contributed by atoms with Crippen LogP contribution in [0.1, 0.15) is 59.6 Å². The maximum absolute atomic E-state index is 12.7. The third-order valence-corrected chi connectivity index (χ3v) is 4.89. The van der Waals surface area contributed by atoms with Gasteiger partial charge in [0.1, 0.15) is 24.6 Å². The van der Waals surface area contributed by atoms with Crippen molar-refractivity contribution in [2.24, 2.45) is 5.41 Å². The largest absolute Gasteiger partial charge is 0.454 e. The van der Waals surface area contributed by atoms with Gasteiger partial charge in [-0.1, -0.05) is 24.3 Å². The molecule has 0 aromatic heterocycles. The Morgan fingerprint density at radius 3 is 1.96 bits per heavy atom. The molecule has 0 unspecified atom stereocenters. The van der Waals surface area contributed by atoms with E-state index in [1.165, 1.54) is 0 Å². The molecule has 0 radical (unpaired) electrons. The molecule has 1 N–H and O–H groups in total. The smallest absolute Gasteiger partial charge is 0.321 e. The highest BCUT2D eigenvalue weighted by Gasteiger charge is 2.42. The average Bonchev–Trinajstić information content (AvgIpc) is 2.54. The molecule has 0 atom stereocenters. The average molecular weight is 359 g/mol. The first kappa shape index (κ1) is 21.9. The van der Waals surface area contributed by atoms with E-state index < -0.39 is 22.4 Å². The number of nitrogens with one attached hydrogen (secondary N) is 1. The van der Waals surface area contributed by atoms with Gasteiger partial charge in [0.25, 0.3) is 0 Å². The molecular formula is C20H30BNO4. The summed E-state index contributed by atoms with van der Waals surface area (Å²) < 4.78 is 5.76. The molecule has 0 fully saturated rings. The fourth-order valence-electron chi connectivity index (χ4n) is 2.63. The molecule has 1 aromatic carbocycles. The zero-order valence-electron chi connectivity index (χ0n) is 17.1. The molecular weight excluding hydrogens is 329 g/mol. The molecule has 0 saturated heterocycles. The van der Waals surface area contributed by atoms with Crippen LogP contribution in [0.2, 0.25) is 0 Å². The second-order valence-electron chi connectivity index (χ2n) is 8.11. The minimum absolute atomic E-state index is 0.0229. The maximum atomic E-state index is 12.7. The van der Waals surface area contributed by atoms with Crippen molar-refractivity contribution in [2.45, 2.75) is 59.5 Å². The van der Waals surface area contributed by atoms with Crippen molar-refractivity contribution in [1.29, 1.82) is 0 Å². The lowest BCUT2D eigenvalue weighted by Crippen LogP contribution is -2.46. The lowest BCUT2D eigenvalue weighted by molar-refractivity contribution is -0.171. The summed E-state index contributed by atoms with van der Waals surface area (Å²) in [5, 5.41) is 2.66. The van der Waals surface area contributed by atoms with Gasteiger partial charge in [-0.05, 0) is 66.0 Å². The Balaban J connectivity index is 3.26. The highest BCUT2D eigenvalue weighted by molar-refractivity contribution is 6.11. The van der Waals surface area contributed by atoms with Crippen LogP contribution in [-0.4, -0.2) is 32.0 Å². The summed E-state index contributed by atoms with van der Waals surface area (Å²) in [7, 11) is 1.79. The van der Waals surface area contributed by atoms with Crippen molar-refractivity contribution in [3.63, 3.8) is 0 Å². The summed E-state index contributed by atoms with van der Waals surface area (Å²) >= 11 is 0. The third-order valence-electron chi connectivity index (χ3n) is 4.89. The van der Waals surface area contributed by atoms with E-state index in [0.717, 1.165) is 11.1 Å². The number of hydrogen-bond acceptors (Lipinski definition) is 4. The van der Waals surface area contributed by atoms with E-state index >= 15 is 0 Å². The number of hydrogen-bond donors (Lipinski definition) is 1. The van der Waals surface area contributed by atoms with Crippen LogP contribution in [0, 0.1) is 5.41 Å². The summed E-state index contributed by atoms with van der Waals surface area (Å²) in [5.74, 6) is -0.961. The van der Waals surface area contributed by atoms with Crippen molar-refractivity contribution in [1.82, 2.24) is 5.32 Å². The van der Waals surface area contributed by atoms with Crippen LogP contribution in [0.15, 0.2) is 24.3 Å². The van der Waals surface area contributed by atoms with E-state index in [2.05, 4.69) is 5.32 Å². The van der Waals surface area contributed by atoms with Gasteiger partial charge in [-0.2, -0.15) is 0 Å². The fourth-order valence-corrected chi connectivity index (χ4v) is 2.63. The maximum Gasteiger partial charge on any atom is 0.321 e. The van der Waals surface area contributed by atoms with Crippen molar-refractivity contribution >= 4 is 25.5 Å². The SMILES string of the molecule is BCNC(=O)C(C)(C)C(=O)OC(C)(C)c1ccccc1C(C)(C)C(C)=O. The predicted molar refractivity (Wildman–Crippen MR) is 105 cm³/mol. The van der Waals surface area contributed by atoms with Gasteiger partial charge in [0, 0.05) is 5.41 Å². The number of amides is 1. The van der Waals surface area contributed by atoms with Crippen LogP contribution in [0.3, 0.4) is 0 Å². The monoisotopic (exact) mass is 359 g/mol. The Morgan fingerprint density at radius 1 is 1.00 bits per heavy atom. The first-order chi connectivity index (χ1) is 11.8. The first-order valence-corrected chi connectivity index (χ1v) is 8.91. The Hall–Kier alpha value is -2.11. The molecule has 0 aliphatic carbocycles. The number of carbonyl (C=O) groups excluding carboxylic acids is 3. The first-order valence-electron chi connectivity index (χ1n) is 8.91. The molecule has 0 aliphatic heterocycles. The molecule has 0 saturated carbocycles. The molecule has 6 heteroatoms. The standard InChI is InChI=1S/C20H30BNO4/c1-13(23)18(2,3)14-10-8-9-11-15(14)20(6,7)26-17(25)19(4,5)16(24)22-12-21/h8-11H,12,21H2,1-7H3,(H,22,24). The molecule has 0 aliphatic rings. The minimum atomic E-state index is -1.31. The molecule has 0 spiro atoms. The van der Waals surface area contributed by atoms with Gasteiger partial charge in [0.05, 0.1) is 0 Å². The van der Waals surface area contributed by atoms with Gasteiger partial charge >= 0.3 is 5.97 Å². The number of benzene rings is 1. The lowest BCUT2D eigenvalue weighted by atomic mass is 9.75. The predicted octanol–water partition coefficient (Wildman–Crippen LogP) is 2.06. The molecule has 1 rings (SSSR count). The van der Waals surface area contributed by atoms with Gasteiger partial charge in [-0.15, -0.1) is 0 Å². The molecule has 1 amide bonds. The third kappa shape index (κ3) is 4.35. The molecule has 26 heavy (non-hydrogen) atoms. The second kappa shape index (κ2) is 7.64. The van der Waals surface area contributed by atoms with Crippen LogP contribution in [0.25, 0.3) is 0 Å². The van der Waals surface area contributed by atoms with Gasteiger partial charge in [-0.25, -0.2) is 0 Å². The molecule has 1 aromatic rings. The second-order valence-corrected chi connectivity index (χ2v) is 8.11. The zero-order chi connectivity index (χ0) is 20.3. The van der Waals surface area contributed by atoms with E-state index in [1.54, 1.807) is 42.5 Å². The fraction of sp³-hybridized carbons (Fsp3) is 0.550. The molecule has 5 nitrogen and oxygen atoms in total. The Labute approximate surface area is 157 Å². The van der Waals surface area contributed by atoms with Crippen molar-refractivity contribution in [3.05, 3.63) is 35.4 Å². The minimum Gasteiger partial charge on any atom is -0.454 e. The Kier molecular flexibility index (Phi) is 6.45. The summed E-state index contributed by atoms with van der Waals surface area (Å²) in [5.41, 5.74) is -1.46. The van der Waals surface area contributed by atoms with Crippen molar-refractivity contribution in [2.75, 3.05) is 6.44 Å². The highest BCUT2D eigenvalue weighted by atomic mass is 16.6. The van der Waals surface area contributed by atoms with Crippen LogP contribution < -0.4 is 5.32 Å². The van der Waals surface area contributed by atoms with Crippen LogP contribution in [-0.2, 0) is 30.1 Å². The summed E-state index contributed by atoms with van der Waals surface area (Å²) in [4.78, 5) is 37.0. The lowest BCUT2D eigenvalue weighted by Gasteiger charge is -2.35. The Bertz CT molecular complexity index is 708. The van der Waals surface area contributed by atoms with E-state index in [-0.39, 0.29) is 11.7 Å². The van der Waals surface area contributed by atoms with Gasteiger partial charge in [0.2, 0.25) is 5.91 Å². The number of Topliss-reactive ketones (excluding diaryl/α,β-unsaturated/α-hetero) is 1. The number of ether oxygens (including phenoxy) is 1. The van der Waals surface area contributed by atoms with Gasteiger partial charge in [-0.3, -0.25) is 14.4 Å². The van der Waals surface area contributed by atoms with E-state index in [4.69, 9.17) is 4.74 Å². The van der Waals surface area contributed by atoms with Gasteiger partial charge in [0.15, 0.2) is 0 Å². The molecule has 0 heterocycles. The van der Waals surface area contributed by atoms with E-state index in [1.807, 2.05) is 38.1 Å². The number of carbonyl (C=O) groups is 3. The summed E-state index contributed by atoms with van der Waals surface area (Å²) in [6.45, 7) is 11.9. The van der Waals surface area contributed by atoms with Crippen LogP contribution >= 0.6 is 0 Å². The number of esters is 1. The van der Waals surface area contributed by atoms with Crippen LogP contribution in [0.5, 0.6) is 0 Å². The molecule has 0 bridgehead atoms. The zero-order valence-corrected chi connectivity index (χ0v) is 17.1.